The molecular formula is C33H36N4O3S. The average molecular weight is 569 g/mol. The lowest BCUT2D eigenvalue weighted by molar-refractivity contribution is 0.0638. The Bertz CT molecular complexity index is 1600. The molecule has 212 valence electrons. The summed E-state index contributed by atoms with van der Waals surface area (Å²) < 4.78 is 28.8. The summed E-state index contributed by atoms with van der Waals surface area (Å²) in [5.74, 6) is 0.725. The second-order valence-electron chi connectivity index (χ2n) is 11.1. The van der Waals surface area contributed by atoms with Crippen molar-refractivity contribution in [2.24, 2.45) is 0 Å². The van der Waals surface area contributed by atoms with Crippen molar-refractivity contribution >= 4 is 32.5 Å². The van der Waals surface area contributed by atoms with E-state index in [1.54, 1.807) is 48.7 Å². The number of hydrogen-bond donors (Lipinski definition) is 1. The first-order valence-electron chi connectivity index (χ1n) is 14.5. The van der Waals surface area contributed by atoms with Gasteiger partial charge >= 0.3 is 0 Å². The van der Waals surface area contributed by atoms with Crippen LogP contribution in [0.2, 0.25) is 0 Å². The van der Waals surface area contributed by atoms with Crippen molar-refractivity contribution < 1.29 is 13.2 Å². The number of hydrogen-bond acceptors (Lipinski definition) is 5. The number of anilines is 1. The van der Waals surface area contributed by atoms with Crippen LogP contribution in [0.25, 0.3) is 10.9 Å². The molecule has 0 bridgehead atoms. The Morgan fingerprint density at radius 1 is 0.854 bits per heavy atom. The minimum absolute atomic E-state index is 0.0280. The molecule has 2 fully saturated rings. The highest BCUT2D eigenvalue weighted by Gasteiger charge is 2.23. The fourth-order valence-corrected chi connectivity index (χ4v) is 7.28. The van der Waals surface area contributed by atoms with Gasteiger partial charge in [-0.15, -0.1) is 0 Å². The van der Waals surface area contributed by atoms with E-state index in [-0.39, 0.29) is 10.8 Å². The molecule has 3 aromatic carbocycles. The first-order valence-corrected chi connectivity index (χ1v) is 16.0. The lowest BCUT2D eigenvalue weighted by Gasteiger charge is -2.34. The molecule has 0 unspecified atom stereocenters. The number of sulfonamides is 1. The third kappa shape index (κ3) is 6.29. The number of aromatic nitrogens is 1. The van der Waals surface area contributed by atoms with E-state index in [0.29, 0.717) is 29.9 Å². The van der Waals surface area contributed by atoms with Gasteiger partial charge in [0.2, 0.25) is 0 Å². The Labute approximate surface area is 242 Å². The summed E-state index contributed by atoms with van der Waals surface area (Å²) in [7, 11) is -3.84. The summed E-state index contributed by atoms with van der Waals surface area (Å²) in [5.41, 5.74) is 4.24. The summed E-state index contributed by atoms with van der Waals surface area (Å²) in [4.78, 5) is 21.8. The Hall–Kier alpha value is -3.75. The molecule has 2 aliphatic rings. The average Bonchev–Trinajstić information content (AvgIpc) is 3.55. The lowest BCUT2D eigenvalue weighted by Crippen LogP contribution is -2.49. The SMILES string of the molecule is O=C(c1ccc(NS(=O)(=O)c2cccc3cccnc23)cc1)N1CCN(CCc2ccc(C3CCCC3)cc2)CC1. The molecule has 7 nitrogen and oxygen atoms in total. The monoisotopic (exact) mass is 568 g/mol. The van der Waals surface area contributed by atoms with Crippen LogP contribution in [0, 0.1) is 0 Å². The number of rotatable bonds is 8. The van der Waals surface area contributed by atoms with E-state index in [4.69, 9.17) is 0 Å². The second-order valence-corrected chi connectivity index (χ2v) is 12.8. The summed E-state index contributed by atoms with van der Waals surface area (Å²) in [6.45, 7) is 4.06. The van der Waals surface area contributed by atoms with Gasteiger partial charge in [0.05, 0.1) is 5.52 Å². The molecule has 6 rings (SSSR count). The maximum atomic E-state index is 13.2. The van der Waals surface area contributed by atoms with Crippen LogP contribution in [0.3, 0.4) is 0 Å². The van der Waals surface area contributed by atoms with Crippen LogP contribution in [-0.4, -0.2) is 61.8 Å². The van der Waals surface area contributed by atoms with Gasteiger partial charge in [-0.2, -0.15) is 0 Å². The van der Waals surface area contributed by atoms with E-state index in [9.17, 15) is 13.2 Å². The van der Waals surface area contributed by atoms with Crippen LogP contribution < -0.4 is 4.72 Å². The zero-order valence-electron chi connectivity index (χ0n) is 23.2. The predicted molar refractivity (Wildman–Crippen MR) is 163 cm³/mol. The van der Waals surface area contributed by atoms with Gasteiger partial charge in [-0.25, -0.2) is 8.42 Å². The second kappa shape index (κ2) is 12.0. The molecule has 0 radical (unpaired) electrons. The number of benzene rings is 3. The van der Waals surface area contributed by atoms with Crippen molar-refractivity contribution in [3.8, 4) is 0 Å². The maximum absolute atomic E-state index is 13.2. The van der Waals surface area contributed by atoms with Crippen molar-refractivity contribution in [2.75, 3.05) is 37.4 Å². The maximum Gasteiger partial charge on any atom is 0.264 e. The number of nitrogens with one attached hydrogen (secondary N) is 1. The van der Waals surface area contributed by atoms with Crippen molar-refractivity contribution in [1.82, 2.24) is 14.8 Å². The van der Waals surface area contributed by atoms with Crippen molar-refractivity contribution in [3.05, 3.63) is 102 Å². The van der Waals surface area contributed by atoms with Crippen molar-refractivity contribution in [1.29, 1.82) is 0 Å². The molecule has 1 aromatic heterocycles. The minimum Gasteiger partial charge on any atom is -0.336 e. The van der Waals surface area contributed by atoms with E-state index in [1.807, 2.05) is 17.0 Å². The molecule has 2 heterocycles. The number of fused-ring (bicyclic) bond motifs is 1. The molecule has 41 heavy (non-hydrogen) atoms. The number of pyridine rings is 1. The van der Waals surface area contributed by atoms with Gasteiger partial charge in [0.1, 0.15) is 4.90 Å². The zero-order chi connectivity index (χ0) is 28.2. The van der Waals surface area contributed by atoms with Crippen LogP contribution in [0.15, 0.2) is 90.0 Å². The Kier molecular flexibility index (Phi) is 8.03. The third-order valence-electron chi connectivity index (χ3n) is 8.45. The van der Waals surface area contributed by atoms with Gasteiger partial charge < -0.3 is 4.90 Å². The van der Waals surface area contributed by atoms with E-state index in [0.717, 1.165) is 37.4 Å². The molecule has 1 saturated carbocycles. The molecule has 4 aromatic rings. The van der Waals surface area contributed by atoms with E-state index in [2.05, 4.69) is 38.9 Å². The van der Waals surface area contributed by atoms with Crippen molar-refractivity contribution in [3.63, 3.8) is 0 Å². The highest BCUT2D eigenvalue weighted by atomic mass is 32.2. The number of carbonyl (C=O) groups excluding carboxylic acids is 1. The fourth-order valence-electron chi connectivity index (χ4n) is 6.04. The number of nitrogens with zero attached hydrogens (tertiary/aromatic N) is 3. The summed E-state index contributed by atoms with van der Waals surface area (Å²) in [5, 5.41) is 0.754. The summed E-state index contributed by atoms with van der Waals surface area (Å²) in [6, 6.07) is 24.5. The Balaban J connectivity index is 1.00. The molecule has 1 aliphatic heterocycles. The standard InChI is InChI=1S/C33H36N4O3S/c38-33(37-23-21-36(22-24-37)20-18-25-10-12-27(13-11-25)26-5-1-2-6-26)29-14-16-30(17-15-29)35-41(39,40)31-9-3-7-28-8-4-19-34-32(28)31/h3-4,7-17,19,26,35H,1-2,5-6,18,20-24H2. The molecule has 1 saturated heterocycles. The highest BCUT2D eigenvalue weighted by molar-refractivity contribution is 7.93. The smallest absolute Gasteiger partial charge is 0.264 e. The predicted octanol–water partition coefficient (Wildman–Crippen LogP) is 5.69. The number of carbonyl (C=O) groups is 1. The molecule has 1 amide bonds. The molecule has 0 spiro atoms. The van der Waals surface area contributed by atoms with Gasteiger partial charge in [-0.3, -0.25) is 19.4 Å². The molecule has 1 N–H and O–H groups in total. The number of amides is 1. The molecular weight excluding hydrogens is 532 g/mol. The number of para-hydroxylation sites is 1. The van der Waals surface area contributed by atoms with Gasteiger partial charge in [0.25, 0.3) is 15.9 Å². The first kappa shape index (κ1) is 27.4. The lowest BCUT2D eigenvalue weighted by atomic mass is 9.96. The van der Waals surface area contributed by atoms with Crippen LogP contribution in [0.5, 0.6) is 0 Å². The van der Waals surface area contributed by atoms with Crippen LogP contribution >= 0.6 is 0 Å². The molecule has 8 heteroatoms. The Morgan fingerprint density at radius 3 is 2.29 bits per heavy atom. The van der Waals surface area contributed by atoms with Crippen LogP contribution in [0.4, 0.5) is 5.69 Å². The highest BCUT2D eigenvalue weighted by Crippen LogP contribution is 2.34. The van der Waals surface area contributed by atoms with E-state index < -0.39 is 10.0 Å². The zero-order valence-corrected chi connectivity index (χ0v) is 24.0. The Morgan fingerprint density at radius 2 is 1.56 bits per heavy atom. The van der Waals surface area contributed by atoms with Gasteiger partial charge in [-0.05, 0) is 72.7 Å². The molecule has 1 aliphatic carbocycles. The summed E-state index contributed by atoms with van der Waals surface area (Å²) in [6.07, 6.45) is 7.97. The largest absolute Gasteiger partial charge is 0.336 e. The third-order valence-corrected chi connectivity index (χ3v) is 9.86. The van der Waals surface area contributed by atoms with Crippen LogP contribution in [-0.2, 0) is 16.4 Å². The van der Waals surface area contributed by atoms with Gasteiger partial charge in [0.15, 0.2) is 0 Å². The number of piperazine rings is 1. The van der Waals surface area contributed by atoms with E-state index >= 15 is 0 Å². The van der Waals surface area contributed by atoms with Crippen LogP contribution in [0.1, 0.15) is 53.1 Å². The molecule has 0 atom stereocenters. The van der Waals surface area contributed by atoms with Crippen molar-refractivity contribution in [2.45, 2.75) is 42.9 Å². The first-order chi connectivity index (χ1) is 20.0. The quantitative estimate of drug-likeness (QED) is 0.295. The fraction of sp³-hybridized carbons (Fsp3) is 0.333. The summed E-state index contributed by atoms with van der Waals surface area (Å²) >= 11 is 0. The van der Waals surface area contributed by atoms with Gasteiger partial charge in [-0.1, -0.05) is 55.3 Å². The van der Waals surface area contributed by atoms with Gasteiger partial charge in [0, 0.05) is 55.6 Å². The normalized spacial score (nSPS) is 16.7. The minimum atomic E-state index is -3.84. The topological polar surface area (TPSA) is 82.6 Å². The van der Waals surface area contributed by atoms with E-state index in [1.165, 1.54) is 36.8 Å².